The number of nitrogens with one attached hydrogen (secondary N) is 1. The number of hydrogen-bond acceptors (Lipinski definition) is 5. The molecule has 1 aliphatic rings. The van der Waals surface area contributed by atoms with Crippen LogP contribution in [0.1, 0.15) is 10.4 Å². The van der Waals surface area contributed by atoms with Gasteiger partial charge in [0.15, 0.2) is 17.3 Å². The van der Waals surface area contributed by atoms with Crippen LogP contribution >= 0.6 is 0 Å². The molecule has 0 amide bonds. The molecule has 80 valence electrons. The molecule has 0 atom stereocenters. The summed E-state index contributed by atoms with van der Waals surface area (Å²) in [5, 5.41) is 12.1. The van der Waals surface area contributed by atoms with E-state index >= 15 is 0 Å². The number of aromatic hydroxyl groups is 1. The molecular weight excluding hydrogens is 198 g/mol. The highest BCUT2D eigenvalue weighted by atomic mass is 16.7. The van der Waals surface area contributed by atoms with E-state index in [1.165, 1.54) is 12.1 Å². The zero-order valence-corrected chi connectivity index (χ0v) is 8.24. The molecule has 5 heteroatoms. The number of fused-ring (bicyclic) bond motifs is 1. The average molecular weight is 209 g/mol. The number of carbonyl (C=O) groups is 1. The molecule has 5 nitrogen and oxygen atoms in total. The van der Waals surface area contributed by atoms with Crippen molar-refractivity contribution >= 4 is 5.78 Å². The summed E-state index contributed by atoms with van der Waals surface area (Å²) in [4.78, 5) is 11.6. The van der Waals surface area contributed by atoms with Crippen LogP contribution in [0.15, 0.2) is 12.1 Å². The molecule has 2 N–H and O–H groups in total. The first-order valence-corrected chi connectivity index (χ1v) is 4.53. The Kier molecular flexibility index (Phi) is 2.47. The van der Waals surface area contributed by atoms with Crippen molar-refractivity contribution in [3.05, 3.63) is 17.7 Å². The highest BCUT2D eigenvalue weighted by molar-refractivity contribution is 6.01. The topological polar surface area (TPSA) is 67.8 Å². The van der Waals surface area contributed by atoms with Crippen LogP contribution in [-0.2, 0) is 0 Å². The molecule has 2 rings (SSSR count). The maximum atomic E-state index is 11.6. The molecule has 0 saturated carbocycles. The van der Waals surface area contributed by atoms with Crippen LogP contribution in [0.25, 0.3) is 0 Å². The number of ketones is 1. The zero-order valence-electron chi connectivity index (χ0n) is 8.24. The standard InChI is InChI=1S/C10H11NO4/c1-11-4-8(13)7-2-6(12)3-9-10(7)15-5-14-9/h2-3,11-12H,4-5H2,1H3. The van der Waals surface area contributed by atoms with E-state index in [9.17, 15) is 9.90 Å². The molecule has 1 aliphatic heterocycles. The number of hydrogen-bond donors (Lipinski definition) is 2. The third-order valence-corrected chi connectivity index (χ3v) is 2.10. The summed E-state index contributed by atoms with van der Waals surface area (Å²) in [5.41, 5.74) is 0.344. The Hall–Kier alpha value is -1.75. The molecule has 1 aromatic rings. The normalized spacial score (nSPS) is 12.9. The summed E-state index contributed by atoms with van der Waals surface area (Å²) >= 11 is 0. The number of Topliss-reactive ketones (excluding diaryl/α,β-unsaturated/α-hetero) is 1. The highest BCUT2D eigenvalue weighted by Gasteiger charge is 2.22. The Bertz CT molecular complexity index is 403. The predicted octanol–water partition coefficient (Wildman–Crippen LogP) is 0.523. The van der Waals surface area contributed by atoms with Gasteiger partial charge in [-0.25, -0.2) is 0 Å². The summed E-state index contributed by atoms with van der Waals surface area (Å²) in [5.74, 6) is 0.677. The van der Waals surface area contributed by atoms with E-state index in [-0.39, 0.29) is 24.9 Å². The lowest BCUT2D eigenvalue weighted by Gasteiger charge is -2.05. The van der Waals surface area contributed by atoms with E-state index < -0.39 is 0 Å². The van der Waals surface area contributed by atoms with Crippen molar-refractivity contribution < 1.29 is 19.4 Å². The number of carbonyl (C=O) groups excluding carboxylic acids is 1. The zero-order chi connectivity index (χ0) is 10.8. The van der Waals surface area contributed by atoms with Crippen molar-refractivity contribution in [3.8, 4) is 17.2 Å². The maximum Gasteiger partial charge on any atom is 0.231 e. The highest BCUT2D eigenvalue weighted by Crippen LogP contribution is 2.38. The molecule has 0 saturated heterocycles. The summed E-state index contributed by atoms with van der Waals surface area (Å²) in [7, 11) is 1.68. The van der Waals surface area contributed by atoms with Crippen molar-refractivity contribution in [2.45, 2.75) is 0 Å². The monoisotopic (exact) mass is 209 g/mol. The van der Waals surface area contributed by atoms with Crippen molar-refractivity contribution in [2.75, 3.05) is 20.4 Å². The van der Waals surface area contributed by atoms with Crippen molar-refractivity contribution in [1.82, 2.24) is 5.32 Å². The first kappa shape index (κ1) is 9.79. The van der Waals surface area contributed by atoms with Gasteiger partial charge in [-0.15, -0.1) is 0 Å². The molecule has 0 aliphatic carbocycles. The van der Waals surface area contributed by atoms with Gasteiger partial charge in [-0.2, -0.15) is 0 Å². The molecule has 0 aromatic heterocycles. The van der Waals surface area contributed by atoms with Crippen LogP contribution < -0.4 is 14.8 Å². The Balaban J connectivity index is 2.42. The van der Waals surface area contributed by atoms with Gasteiger partial charge < -0.3 is 19.9 Å². The van der Waals surface area contributed by atoms with Crippen LogP contribution in [0.3, 0.4) is 0 Å². The predicted molar refractivity (Wildman–Crippen MR) is 52.5 cm³/mol. The summed E-state index contributed by atoms with van der Waals surface area (Å²) < 4.78 is 10.3. The fourth-order valence-corrected chi connectivity index (χ4v) is 1.46. The molecule has 15 heavy (non-hydrogen) atoms. The van der Waals surface area contributed by atoms with Crippen LogP contribution in [0.4, 0.5) is 0 Å². The number of rotatable bonds is 3. The van der Waals surface area contributed by atoms with E-state index in [0.29, 0.717) is 17.1 Å². The first-order chi connectivity index (χ1) is 7.22. The van der Waals surface area contributed by atoms with E-state index in [0.717, 1.165) is 0 Å². The summed E-state index contributed by atoms with van der Waals surface area (Å²) in [6.07, 6.45) is 0. The molecule has 0 fully saturated rings. The van der Waals surface area contributed by atoms with Crippen molar-refractivity contribution in [2.24, 2.45) is 0 Å². The lowest BCUT2D eigenvalue weighted by molar-refractivity contribution is 0.0988. The van der Waals surface area contributed by atoms with Gasteiger partial charge in [0.2, 0.25) is 6.79 Å². The second-order valence-electron chi connectivity index (χ2n) is 3.18. The Morgan fingerprint density at radius 2 is 2.33 bits per heavy atom. The van der Waals surface area contributed by atoms with Gasteiger partial charge in [0.25, 0.3) is 0 Å². The van der Waals surface area contributed by atoms with Gasteiger partial charge in [-0.05, 0) is 13.1 Å². The minimum absolute atomic E-state index is 0.00120. The van der Waals surface area contributed by atoms with Gasteiger partial charge in [0.1, 0.15) is 5.75 Å². The molecule has 0 unspecified atom stereocenters. The van der Waals surface area contributed by atoms with Crippen LogP contribution in [-0.4, -0.2) is 31.3 Å². The lowest BCUT2D eigenvalue weighted by Crippen LogP contribution is -2.18. The lowest BCUT2D eigenvalue weighted by atomic mass is 10.1. The quantitative estimate of drug-likeness (QED) is 0.710. The van der Waals surface area contributed by atoms with E-state index in [2.05, 4.69) is 5.32 Å². The summed E-state index contributed by atoms with van der Waals surface area (Å²) in [6.45, 7) is 0.276. The fraction of sp³-hybridized carbons (Fsp3) is 0.300. The molecule has 0 bridgehead atoms. The minimum Gasteiger partial charge on any atom is -0.508 e. The Morgan fingerprint density at radius 3 is 3.07 bits per heavy atom. The SMILES string of the molecule is CNCC(=O)c1cc(O)cc2c1OCO2. The maximum absolute atomic E-state index is 11.6. The van der Waals surface area contributed by atoms with Gasteiger partial charge in [0, 0.05) is 6.07 Å². The number of benzene rings is 1. The number of likely N-dealkylation sites (N-methyl/N-ethyl adjacent to an activating group) is 1. The minimum atomic E-state index is -0.143. The van der Waals surface area contributed by atoms with Crippen molar-refractivity contribution in [1.29, 1.82) is 0 Å². The van der Waals surface area contributed by atoms with Crippen LogP contribution in [0, 0.1) is 0 Å². The number of phenols is 1. The molecular formula is C10H11NO4. The van der Waals surface area contributed by atoms with Gasteiger partial charge >= 0.3 is 0 Å². The average Bonchev–Trinajstić information content (AvgIpc) is 2.64. The van der Waals surface area contributed by atoms with Crippen LogP contribution in [0.2, 0.25) is 0 Å². The van der Waals surface area contributed by atoms with Crippen molar-refractivity contribution in [3.63, 3.8) is 0 Å². The van der Waals surface area contributed by atoms with Gasteiger partial charge in [-0.1, -0.05) is 0 Å². The Labute approximate surface area is 86.6 Å². The fourth-order valence-electron chi connectivity index (χ4n) is 1.46. The second kappa shape index (κ2) is 3.78. The molecule has 0 radical (unpaired) electrons. The second-order valence-corrected chi connectivity index (χ2v) is 3.18. The number of phenolic OH excluding ortho intramolecular Hbond substituents is 1. The van der Waals surface area contributed by atoms with E-state index in [1.807, 2.05) is 0 Å². The smallest absolute Gasteiger partial charge is 0.231 e. The third-order valence-electron chi connectivity index (χ3n) is 2.10. The Morgan fingerprint density at radius 1 is 1.53 bits per heavy atom. The van der Waals surface area contributed by atoms with Crippen LogP contribution in [0.5, 0.6) is 17.2 Å². The molecule has 1 aromatic carbocycles. The molecule has 1 heterocycles. The van der Waals surface area contributed by atoms with E-state index in [4.69, 9.17) is 9.47 Å². The largest absolute Gasteiger partial charge is 0.508 e. The summed E-state index contributed by atoms with van der Waals surface area (Å²) in [6, 6.07) is 2.81. The number of ether oxygens (including phenoxy) is 2. The van der Waals surface area contributed by atoms with Gasteiger partial charge in [0.05, 0.1) is 12.1 Å². The first-order valence-electron chi connectivity index (χ1n) is 4.53. The third kappa shape index (κ3) is 1.73. The van der Waals surface area contributed by atoms with Gasteiger partial charge in [-0.3, -0.25) is 4.79 Å². The van der Waals surface area contributed by atoms with E-state index in [1.54, 1.807) is 7.05 Å². The molecule has 0 spiro atoms.